The van der Waals surface area contributed by atoms with Crippen LogP contribution in [0.1, 0.15) is 28.4 Å². The highest BCUT2D eigenvalue weighted by Gasteiger charge is 2.35. The highest BCUT2D eigenvalue weighted by molar-refractivity contribution is 7.93. The third-order valence-corrected chi connectivity index (χ3v) is 6.76. The molecule has 0 N–H and O–H groups in total. The van der Waals surface area contributed by atoms with Gasteiger partial charge in [-0.05, 0) is 38.8 Å². The number of fused-ring (bicyclic) bond motifs is 1. The average Bonchev–Trinajstić information content (AvgIpc) is 3.26. The molecule has 0 saturated heterocycles. The molecule has 2 aromatic heterocycles. The lowest BCUT2D eigenvalue weighted by Crippen LogP contribution is -2.30. The first kappa shape index (κ1) is 16.8. The Hall–Kier alpha value is -2.61. The molecule has 1 aromatic carbocycles. The fourth-order valence-electron chi connectivity index (χ4n) is 3.51. The Morgan fingerprint density at radius 1 is 1.19 bits per heavy atom. The van der Waals surface area contributed by atoms with Crippen LogP contribution >= 0.6 is 0 Å². The van der Waals surface area contributed by atoms with Gasteiger partial charge < -0.3 is 4.52 Å². The van der Waals surface area contributed by atoms with E-state index in [1.165, 1.54) is 4.31 Å². The second-order valence-electron chi connectivity index (χ2n) is 6.55. The van der Waals surface area contributed by atoms with Gasteiger partial charge in [0.1, 0.15) is 11.4 Å². The number of aryl methyl sites for hydroxylation is 2. The number of sulfonamides is 1. The molecule has 3 aromatic rings. The molecule has 26 heavy (non-hydrogen) atoms. The van der Waals surface area contributed by atoms with Gasteiger partial charge >= 0.3 is 0 Å². The average molecular weight is 372 g/mol. The van der Waals surface area contributed by atoms with Gasteiger partial charge in [-0.2, -0.15) is 5.10 Å². The molecule has 0 atom stereocenters. The molecular formula is C18H20N4O3S. The third kappa shape index (κ3) is 2.61. The second-order valence-corrected chi connectivity index (χ2v) is 8.35. The molecule has 1 aliphatic rings. The van der Waals surface area contributed by atoms with Gasteiger partial charge in [0.2, 0.25) is 0 Å². The maximum absolute atomic E-state index is 13.3. The lowest BCUT2D eigenvalue weighted by molar-refractivity contribution is 0.366. The van der Waals surface area contributed by atoms with Crippen LogP contribution in [-0.2, 0) is 23.0 Å². The molecule has 8 heteroatoms. The Balaban J connectivity index is 1.74. The minimum atomic E-state index is -3.68. The molecule has 0 unspecified atom stereocenters. The van der Waals surface area contributed by atoms with E-state index in [1.807, 2.05) is 37.3 Å². The van der Waals surface area contributed by atoms with E-state index in [-0.39, 0.29) is 4.90 Å². The largest absolute Gasteiger partial charge is 0.359 e. The first-order valence-electron chi connectivity index (χ1n) is 8.45. The van der Waals surface area contributed by atoms with Crippen LogP contribution in [0.25, 0.3) is 0 Å². The van der Waals surface area contributed by atoms with Gasteiger partial charge in [0, 0.05) is 12.6 Å². The summed E-state index contributed by atoms with van der Waals surface area (Å²) in [5, 5.41) is 8.30. The molecule has 7 nitrogen and oxygen atoms in total. The molecule has 136 valence electrons. The Morgan fingerprint density at radius 2 is 1.96 bits per heavy atom. The van der Waals surface area contributed by atoms with Crippen molar-refractivity contribution in [3.05, 3.63) is 58.7 Å². The zero-order chi connectivity index (χ0) is 18.5. The molecule has 0 amide bonds. The standard InChI is InChI=1S/C18H20N4O3S/c1-12-10-16(25-20-12)11-21-14(3)18(13(2)19-21)26(23,24)22-9-8-15-6-4-5-7-17(15)22/h4-7,10H,8-9,11H2,1-3H3. The predicted octanol–water partition coefficient (Wildman–Crippen LogP) is 2.60. The maximum Gasteiger partial charge on any atom is 0.268 e. The summed E-state index contributed by atoms with van der Waals surface area (Å²) in [6.07, 6.45) is 0.721. The van der Waals surface area contributed by atoms with Gasteiger partial charge in [0.15, 0.2) is 5.76 Å². The van der Waals surface area contributed by atoms with E-state index in [0.717, 1.165) is 23.4 Å². The van der Waals surface area contributed by atoms with Gasteiger partial charge in [-0.15, -0.1) is 0 Å². The van der Waals surface area contributed by atoms with Crippen LogP contribution in [0.15, 0.2) is 39.8 Å². The van der Waals surface area contributed by atoms with E-state index in [0.29, 0.717) is 30.2 Å². The van der Waals surface area contributed by atoms with Gasteiger partial charge in [0.05, 0.1) is 22.8 Å². The third-order valence-electron chi connectivity index (χ3n) is 4.69. The summed E-state index contributed by atoms with van der Waals surface area (Å²) < 4.78 is 35.1. The maximum atomic E-state index is 13.3. The lowest BCUT2D eigenvalue weighted by atomic mass is 10.2. The SMILES string of the molecule is Cc1cc(Cn2nc(C)c(S(=O)(=O)N3CCc4ccccc43)c2C)on1. The normalized spacial score (nSPS) is 14.0. The predicted molar refractivity (Wildman–Crippen MR) is 96.7 cm³/mol. The quantitative estimate of drug-likeness (QED) is 0.703. The van der Waals surface area contributed by atoms with E-state index >= 15 is 0 Å². The molecule has 0 saturated carbocycles. The molecule has 0 aliphatic carbocycles. The van der Waals surface area contributed by atoms with Crippen molar-refractivity contribution in [3.63, 3.8) is 0 Å². The monoisotopic (exact) mass is 372 g/mol. The molecule has 0 radical (unpaired) electrons. The summed E-state index contributed by atoms with van der Waals surface area (Å²) in [7, 11) is -3.68. The minimum Gasteiger partial charge on any atom is -0.359 e. The lowest BCUT2D eigenvalue weighted by Gasteiger charge is -2.19. The van der Waals surface area contributed by atoms with Gasteiger partial charge in [-0.3, -0.25) is 8.99 Å². The Kier molecular flexibility index (Phi) is 3.87. The molecule has 0 bridgehead atoms. The molecule has 1 aliphatic heterocycles. The van der Waals surface area contributed by atoms with Crippen LogP contribution in [0.2, 0.25) is 0 Å². The minimum absolute atomic E-state index is 0.269. The van der Waals surface area contributed by atoms with Crippen molar-refractivity contribution in [2.45, 2.75) is 38.6 Å². The number of rotatable bonds is 4. The Labute approximate surface area is 152 Å². The van der Waals surface area contributed by atoms with E-state index in [4.69, 9.17) is 4.52 Å². The summed E-state index contributed by atoms with van der Waals surface area (Å²) in [6.45, 7) is 6.14. The van der Waals surface area contributed by atoms with Gasteiger partial charge in [-0.25, -0.2) is 8.42 Å². The van der Waals surface area contributed by atoms with Crippen molar-refractivity contribution in [2.75, 3.05) is 10.8 Å². The van der Waals surface area contributed by atoms with Crippen molar-refractivity contribution < 1.29 is 12.9 Å². The van der Waals surface area contributed by atoms with E-state index < -0.39 is 10.0 Å². The molecule has 0 fully saturated rings. The van der Waals surface area contributed by atoms with Gasteiger partial charge in [0.25, 0.3) is 10.0 Å². The Bertz CT molecular complexity index is 1080. The first-order valence-corrected chi connectivity index (χ1v) is 9.89. The summed E-state index contributed by atoms with van der Waals surface area (Å²) in [5.74, 6) is 0.642. The van der Waals surface area contributed by atoms with Crippen LogP contribution in [-0.4, -0.2) is 29.9 Å². The second kappa shape index (κ2) is 5.98. The Morgan fingerprint density at radius 3 is 2.69 bits per heavy atom. The van der Waals surface area contributed by atoms with Crippen molar-refractivity contribution in [2.24, 2.45) is 0 Å². The highest BCUT2D eigenvalue weighted by Crippen LogP contribution is 2.34. The zero-order valence-corrected chi connectivity index (χ0v) is 15.7. The van der Waals surface area contributed by atoms with Crippen LogP contribution in [0.3, 0.4) is 0 Å². The van der Waals surface area contributed by atoms with Crippen LogP contribution < -0.4 is 4.31 Å². The number of hydrogen-bond donors (Lipinski definition) is 0. The van der Waals surface area contributed by atoms with Gasteiger partial charge in [-0.1, -0.05) is 23.4 Å². The number of anilines is 1. The first-order chi connectivity index (χ1) is 12.4. The van der Waals surface area contributed by atoms with E-state index in [1.54, 1.807) is 18.5 Å². The summed E-state index contributed by atoms with van der Waals surface area (Å²) in [6, 6.07) is 9.44. The fourth-order valence-corrected chi connectivity index (χ4v) is 5.40. The van der Waals surface area contributed by atoms with Crippen LogP contribution in [0.5, 0.6) is 0 Å². The fraction of sp³-hybridized carbons (Fsp3) is 0.333. The van der Waals surface area contributed by atoms with E-state index in [9.17, 15) is 8.42 Å². The topological polar surface area (TPSA) is 81.2 Å². The molecule has 3 heterocycles. The number of benzene rings is 1. The summed E-state index contributed by atoms with van der Waals surface area (Å²) in [5.41, 5.74) is 3.67. The van der Waals surface area contributed by atoms with Crippen LogP contribution in [0, 0.1) is 20.8 Å². The number of para-hydroxylation sites is 1. The molecular weight excluding hydrogens is 352 g/mol. The summed E-state index contributed by atoms with van der Waals surface area (Å²) in [4.78, 5) is 0.269. The highest BCUT2D eigenvalue weighted by atomic mass is 32.2. The van der Waals surface area contributed by atoms with Crippen molar-refractivity contribution in [3.8, 4) is 0 Å². The van der Waals surface area contributed by atoms with E-state index in [2.05, 4.69) is 10.3 Å². The van der Waals surface area contributed by atoms with Crippen LogP contribution in [0.4, 0.5) is 5.69 Å². The molecule has 4 rings (SSSR count). The number of nitrogens with zero attached hydrogens (tertiary/aromatic N) is 4. The number of hydrogen-bond acceptors (Lipinski definition) is 5. The van der Waals surface area contributed by atoms with Crippen molar-refractivity contribution in [1.29, 1.82) is 0 Å². The van der Waals surface area contributed by atoms with Crippen molar-refractivity contribution in [1.82, 2.24) is 14.9 Å². The van der Waals surface area contributed by atoms with Crippen molar-refractivity contribution >= 4 is 15.7 Å². The summed E-state index contributed by atoms with van der Waals surface area (Å²) >= 11 is 0. The molecule has 0 spiro atoms. The number of aromatic nitrogens is 3. The zero-order valence-electron chi connectivity index (χ0n) is 14.9. The smallest absolute Gasteiger partial charge is 0.268 e.